The maximum Gasteiger partial charge on any atom is 0.166 e. The van der Waals surface area contributed by atoms with Crippen LogP contribution in [-0.2, 0) is 9.53 Å². The first-order valence-corrected chi connectivity index (χ1v) is 3.84. The third-order valence-corrected chi connectivity index (χ3v) is 2.27. The van der Waals surface area contributed by atoms with Gasteiger partial charge in [-0.05, 0) is 12.8 Å². The van der Waals surface area contributed by atoms with Gasteiger partial charge < -0.3 is 14.6 Å². The van der Waals surface area contributed by atoms with E-state index in [1.165, 1.54) is 7.11 Å². The zero-order valence-electron chi connectivity index (χ0n) is 7.33. The molecule has 66 valence electrons. The predicted molar refractivity (Wildman–Crippen MR) is 42.1 cm³/mol. The van der Waals surface area contributed by atoms with Crippen molar-refractivity contribution in [1.29, 1.82) is 0 Å². The van der Waals surface area contributed by atoms with Crippen molar-refractivity contribution in [2.45, 2.75) is 33.0 Å². The Balaban J connectivity index is 4.38. The van der Waals surface area contributed by atoms with Crippen LogP contribution in [0.25, 0.3) is 0 Å². The van der Waals surface area contributed by atoms with Gasteiger partial charge in [-0.2, -0.15) is 0 Å². The Bertz CT molecular complexity index is 119. The first-order valence-electron chi connectivity index (χ1n) is 3.84. The molecule has 0 bridgehead atoms. The molecular weight excluding hydrogens is 144 g/mol. The van der Waals surface area contributed by atoms with Crippen LogP contribution >= 0.6 is 0 Å². The summed E-state index contributed by atoms with van der Waals surface area (Å²) < 4.78 is 4.71. The van der Waals surface area contributed by atoms with Crippen LogP contribution in [0.4, 0.5) is 0 Å². The molecule has 3 heteroatoms. The number of aldehydes is 1. The Hall–Kier alpha value is -0.410. The Morgan fingerprint density at radius 3 is 2.09 bits per heavy atom. The zero-order valence-corrected chi connectivity index (χ0v) is 7.33. The van der Waals surface area contributed by atoms with E-state index in [1.807, 2.05) is 13.8 Å². The highest BCUT2D eigenvalue weighted by molar-refractivity contribution is 5.59. The summed E-state index contributed by atoms with van der Waals surface area (Å²) in [5.74, 6) is 0. The number of carbonyl (C=O) groups is 1. The second-order valence-corrected chi connectivity index (χ2v) is 2.65. The van der Waals surface area contributed by atoms with Gasteiger partial charge in [0, 0.05) is 7.11 Å². The molecule has 0 rings (SSSR count). The van der Waals surface area contributed by atoms with Gasteiger partial charge >= 0.3 is 0 Å². The van der Waals surface area contributed by atoms with Gasteiger partial charge in [-0.15, -0.1) is 0 Å². The molecule has 0 aliphatic rings. The van der Waals surface area contributed by atoms with Crippen molar-refractivity contribution < 1.29 is 14.6 Å². The molecule has 0 saturated carbocycles. The molecule has 1 atom stereocenters. The van der Waals surface area contributed by atoms with E-state index in [0.29, 0.717) is 12.8 Å². The molecule has 0 fully saturated rings. The topological polar surface area (TPSA) is 46.5 Å². The summed E-state index contributed by atoms with van der Waals surface area (Å²) in [6.07, 6.45) is 1.00. The third-order valence-electron chi connectivity index (χ3n) is 2.27. The Morgan fingerprint density at radius 2 is 2.00 bits per heavy atom. The molecule has 3 nitrogen and oxygen atoms in total. The fourth-order valence-corrected chi connectivity index (χ4v) is 1.06. The lowest BCUT2D eigenvalue weighted by Crippen LogP contribution is -2.36. The number of rotatable bonds is 5. The summed E-state index contributed by atoms with van der Waals surface area (Å²) in [7, 11) is 1.40. The molecule has 0 aromatic carbocycles. The highest BCUT2D eigenvalue weighted by Gasteiger charge is 2.34. The fourth-order valence-electron chi connectivity index (χ4n) is 1.06. The molecule has 1 unspecified atom stereocenters. The molecule has 0 saturated heterocycles. The maximum absolute atomic E-state index is 10.6. The van der Waals surface area contributed by atoms with E-state index in [9.17, 15) is 9.90 Å². The average molecular weight is 160 g/mol. The summed E-state index contributed by atoms with van der Waals surface area (Å²) >= 11 is 0. The summed E-state index contributed by atoms with van der Waals surface area (Å²) in [6, 6.07) is 0. The Kier molecular flexibility index (Phi) is 4.30. The van der Waals surface area contributed by atoms with Crippen LogP contribution < -0.4 is 0 Å². The van der Waals surface area contributed by atoms with Crippen LogP contribution in [0.15, 0.2) is 0 Å². The predicted octanol–water partition coefficient (Wildman–Crippen LogP) is 0.956. The van der Waals surface area contributed by atoms with Gasteiger partial charge in [-0.1, -0.05) is 13.8 Å². The summed E-state index contributed by atoms with van der Waals surface area (Å²) in [5.41, 5.74) is -0.714. The molecular formula is C8H16O3. The molecule has 11 heavy (non-hydrogen) atoms. The van der Waals surface area contributed by atoms with E-state index in [4.69, 9.17) is 4.74 Å². The van der Waals surface area contributed by atoms with Gasteiger partial charge in [0.2, 0.25) is 0 Å². The van der Waals surface area contributed by atoms with E-state index in [1.54, 1.807) is 0 Å². The number of carbonyl (C=O) groups excluding carboxylic acids is 1. The number of ether oxygens (including phenoxy) is 1. The van der Waals surface area contributed by atoms with E-state index in [2.05, 4.69) is 0 Å². The average Bonchev–Trinajstić information content (AvgIpc) is 2.08. The summed E-state index contributed by atoms with van der Waals surface area (Å²) in [6.45, 7) is 3.72. The number of aliphatic hydroxyl groups is 1. The van der Waals surface area contributed by atoms with Crippen molar-refractivity contribution in [2.24, 2.45) is 5.41 Å². The smallest absolute Gasteiger partial charge is 0.166 e. The van der Waals surface area contributed by atoms with Crippen molar-refractivity contribution in [2.75, 3.05) is 7.11 Å². The van der Waals surface area contributed by atoms with Gasteiger partial charge in [0.25, 0.3) is 0 Å². The van der Waals surface area contributed by atoms with Crippen LogP contribution in [0.5, 0.6) is 0 Å². The van der Waals surface area contributed by atoms with Crippen molar-refractivity contribution in [3.63, 3.8) is 0 Å². The van der Waals surface area contributed by atoms with E-state index < -0.39 is 11.7 Å². The van der Waals surface area contributed by atoms with Crippen LogP contribution in [0.1, 0.15) is 26.7 Å². The van der Waals surface area contributed by atoms with Crippen molar-refractivity contribution in [1.82, 2.24) is 0 Å². The molecule has 0 spiro atoms. The van der Waals surface area contributed by atoms with Crippen LogP contribution in [0.2, 0.25) is 0 Å². The first kappa shape index (κ1) is 10.6. The Labute approximate surface area is 67.4 Å². The van der Waals surface area contributed by atoms with E-state index >= 15 is 0 Å². The minimum Gasteiger partial charge on any atom is -0.367 e. The minimum absolute atomic E-state index is 0.599. The number of hydrogen-bond donors (Lipinski definition) is 1. The standard InChI is InChI=1S/C8H16O3/c1-4-8(5-2,6-9)7(10)11-3/h6-7,10H,4-5H2,1-3H3. The molecule has 0 heterocycles. The number of hydrogen-bond acceptors (Lipinski definition) is 3. The van der Waals surface area contributed by atoms with Crippen molar-refractivity contribution in [3.05, 3.63) is 0 Å². The molecule has 1 N–H and O–H groups in total. The first-order chi connectivity index (χ1) is 5.16. The second-order valence-electron chi connectivity index (χ2n) is 2.65. The zero-order chi connectivity index (χ0) is 8.91. The van der Waals surface area contributed by atoms with Gasteiger partial charge in [0.05, 0.1) is 5.41 Å². The van der Waals surface area contributed by atoms with Gasteiger partial charge in [-0.25, -0.2) is 0 Å². The molecule has 0 aliphatic heterocycles. The highest BCUT2D eigenvalue weighted by atomic mass is 16.6. The SMILES string of the molecule is CCC(C=O)(CC)C(O)OC. The van der Waals surface area contributed by atoms with Crippen LogP contribution in [0.3, 0.4) is 0 Å². The van der Waals surface area contributed by atoms with Gasteiger partial charge in [0.1, 0.15) is 6.29 Å². The molecule has 0 aromatic heterocycles. The molecule has 0 aliphatic carbocycles. The van der Waals surface area contributed by atoms with Crippen LogP contribution in [-0.4, -0.2) is 24.8 Å². The van der Waals surface area contributed by atoms with E-state index in [-0.39, 0.29) is 0 Å². The second kappa shape index (κ2) is 4.46. The maximum atomic E-state index is 10.6. The number of aliphatic hydroxyl groups excluding tert-OH is 1. The molecule has 0 aromatic rings. The minimum atomic E-state index is -0.977. The number of methoxy groups -OCH3 is 1. The van der Waals surface area contributed by atoms with Crippen molar-refractivity contribution >= 4 is 6.29 Å². The lowest BCUT2D eigenvalue weighted by atomic mass is 9.83. The van der Waals surface area contributed by atoms with E-state index in [0.717, 1.165) is 6.29 Å². The van der Waals surface area contributed by atoms with Gasteiger partial charge in [-0.3, -0.25) is 0 Å². The third kappa shape index (κ3) is 2.01. The summed E-state index contributed by atoms with van der Waals surface area (Å²) in [4.78, 5) is 10.6. The lowest BCUT2D eigenvalue weighted by Gasteiger charge is -2.29. The van der Waals surface area contributed by atoms with Crippen LogP contribution in [0, 0.1) is 5.41 Å². The van der Waals surface area contributed by atoms with Gasteiger partial charge in [0.15, 0.2) is 6.29 Å². The largest absolute Gasteiger partial charge is 0.367 e. The quantitative estimate of drug-likeness (QED) is 0.481. The monoisotopic (exact) mass is 160 g/mol. The Morgan fingerprint density at radius 1 is 1.55 bits per heavy atom. The molecule has 0 amide bonds. The lowest BCUT2D eigenvalue weighted by molar-refractivity contribution is -0.166. The van der Waals surface area contributed by atoms with Crippen molar-refractivity contribution in [3.8, 4) is 0 Å². The molecule has 0 radical (unpaired) electrons. The normalized spacial score (nSPS) is 14.5. The highest BCUT2D eigenvalue weighted by Crippen LogP contribution is 2.28. The summed E-state index contributed by atoms with van der Waals surface area (Å²) in [5, 5.41) is 9.31. The fraction of sp³-hybridized carbons (Fsp3) is 0.875.